The van der Waals surface area contributed by atoms with Crippen molar-refractivity contribution in [1.29, 1.82) is 0 Å². The van der Waals surface area contributed by atoms with Gasteiger partial charge in [0.25, 0.3) is 5.82 Å². The summed E-state index contributed by atoms with van der Waals surface area (Å²) in [5.41, 5.74) is 2.70. The van der Waals surface area contributed by atoms with Gasteiger partial charge >= 0.3 is 5.97 Å². The molecule has 10 heteroatoms. The maximum absolute atomic E-state index is 12.9. The SMILES string of the molecule is Cc1cc(-n2c(C)cc(C(=O)COC(=O)c3nc(-c4cccs4)n(-c4ccccc4)n3)c2C)no1. The Balaban J connectivity index is 1.36. The third-order valence-electron chi connectivity index (χ3n) is 5.44. The summed E-state index contributed by atoms with van der Waals surface area (Å²) in [6, 6.07) is 16.7. The van der Waals surface area contributed by atoms with Crippen molar-refractivity contribution in [3.8, 4) is 22.2 Å². The second-order valence-corrected chi connectivity index (χ2v) is 8.85. The summed E-state index contributed by atoms with van der Waals surface area (Å²) in [5.74, 6) is 0.555. The summed E-state index contributed by atoms with van der Waals surface area (Å²) in [4.78, 5) is 31.0. The summed E-state index contributed by atoms with van der Waals surface area (Å²) < 4.78 is 13.9. The summed E-state index contributed by atoms with van der Waals surface area (Å²) >= 11 is 1.49. The van der Waals surface area contributed by atoms with Crippen LogP contribution in [0.1, 0.15) is 38.1 Å². The fourth-order valence-electron chi connectivity index (χ4n) is 3.84. The Kier molecular flexibility index (Phi) is 5.87. The van der Waals surface area contributed by atoms with E-state index in [9.17, 15) is 9.59 Å². The standard InChI is InChI=1S/C25H21N5O4S/c1-15-12-19(17(3)29(15)22-13-16(2)34-28-22)20(31)14-33-25(32)23-26-24(21-10-7-11-35-21)30(27-23)18-8-5-4-6-9-18/h4-13H,14H2,1-3H3. The molecular weight excluding hydrogens is 466 g/mol. The van der Waals surface area contributed by atoms with Crippen molar-refractivity contribution < 1.29 is 18.8 Å². The van der Waals surface area contributed by atoms with Gasteiger partial charge in [0.2, 0.25) is 5.78 Å². The van der Waals surface area contributed by atoms with E-state index < -0.39 is 12.6 Å². The van der Waals surface area contributed by atoms with E-state index in [0.717, 1.165) is 16.3 Å². The summed E-state index contributed by atoms with van der Waals surface area (Å²) in [5, 5.41) is 10.3. The zero-order valence-electron chi connectivity index (χ0n) is 19.3. The zero-order valence-corrected chi connectivity index (χ0v) is 20.1. The Morgan fingerprint density at radius 3 is 2.54 bits per heavy atom. The minimum absolute atomic E-state index is 0.117. The number of nitrogens with zero attached hydrogens (tertiary/aromatic N) is 5. The van der Waals surface area contributed by atoms with Crippen molar-refractivity contribution in [1.82, 2.24) is 24.5 Å². The number of Topliss-reactive ketones (excluding diaryl/α,β-unsaturated/α-hetero) is 1. The Bertz CT molecular complexity index is 1510. The van der Waals surface area contributed by atoms with Crippen LogP contribution in [-0.2, 0) is 4.74 Å². The minimum atomic E-state index is -0.772. The topological polar surface area (TPSA) is 105 Å². The van der Waals surface area contributed by atoms with Crippen molar-refractivity contribution in [3.05, 3.63) is 88.5 Å². The van der Waals surface area contributed by atoms with E-state index in [1.54, 1.807) is 23.7 Å². The number of ketones is 1. The average Bonchev–Trinajstić information content (AvgIpc) is 3.65. The number of hydrogen-bond donors (Lipinski definition) is 0. The first-order chi connectivity index (χ1) is 16.9. The van der Waals surface area contributed by atoms with Crippen LogP contribution in [0.25, 0.3) is 22.2 Å². The molecule has 0 amide bonds. The Morgan fingerprint density at radius 2 is 1.86 bits per heavy atom. The lowest BCUT2D eigenvalue weighted by molar-refractivity contribution is 0.0462. The molecule has 0 aliphatic carbocycles. The van der Waals surface area contributed by atoms with Gasteiger partial charge in [-0.3, -0.25) is 9.36 Å². The highest BCUT2D eigenvalue weighted by Gasteiger charge is 2.23. The van der Waals surface area contributed by atoms with E-state index in [-0.39, 0.29) is 11.6 Å². The van der Waals surface area contributed by atoms with Crippen LogP contribution in [-0.4, -0.2) is 42.8 Å². The van der Waals surface area contributed by atoms with Gasteiger partial charge in [0.1, 0.15) is 5.76 Å². The predicted octanol–water partition coefficient (Wildman–Crippen LogP) is 4.74. The minimum Gasteiger partial charge on any atom is -0.451 e. The number of rotatable bonds is 7. The van der Waals surface area contributed by atoms with Gasteiger partial charge in [-0.1, -0.05) is 29.4 Å². The largest absolute Gasteiger partial charge is 0.451 e. The molecule has 0 unspecified atom stereocenters. The number of thiophene rings is 1. The summed E-state index contributed by atoms with van der Waals surface area (Å²) in [6.45, 7) is 5.04. The number of para-hydroxylation sites is 1. The molecule has 0 spiro atoms. The molecule has 35 heavy (non-hydrogen) atoms. The smallest absolute Gasteiger partial charge is 0.378 e. The van der Waals surface area contributed by atoms with Crippen LogP contribution in [0.2, 0.25) is 0 Å². The molecule has 9 nitrogen and oxygen atoms in total. The molecule has 0 saturated heterocycles. The summed E-state index contributed by atoms with van der Waals surface area (Å²) in [6.07, 6.45) is 0. The molecule has 0 saturated carbocycles. The van der Waals surface area contributed by atoms with Crippen LogP contribution >= 0.6 is 11.3 Å². The fraction of sp³-hybridized carbons (Fsp3) is 0.160. The van der Waals surface area contributed by atoms with E-state index >= 15 is 0 Å². The number of ether oxygens (including phenoxy) is 1. The van der Waals surface area contributed by atoms with Gasteiger partial charge in [-0.05, 0) is 50.4 Å². The van der Waals surface area contributed by atoms with Crippen LogP contribution in [0.5, 0.6) is 0 Å². The third-order valence-corrected chi connectivity index (χ3v) is 6.31. The Labute approximate surface area is 204 Å². The van der Waals surface area contributed by atoms with Gasteiger partial charge in [0.15, 0.2) is 18.2 Å². The predicted molar refractivity (Wildman–Crippen MR) is 129 cm³/mol. The number of carbonyl (C=O) groups excluding carboxylic acids is 2. The van der Waals surface area contributed by atoms with Gasteiger partial charge in [0, 0.05) is 23.0 Å². The van der Waals surface area contributed by atoms with E-state index in [1.165, 1.54) is 11.3 Å². The molecule has 0 fully saturated rings. The first-order valence-corrected chi connectivity index (χ1v) is 11.7. The lowest BCUT2D eigenvalue weighted by Crippen LogP contribution is -2.16. The maximum Gasteiger partial charge on any atom is 0.378 e. The van der Waals surface area contributed by atoms with Crippen LogP contribution in [0, 0.1) is 20.8 Å². The molecule has 5 rings (SSSR count). The second kappa shape index (κ2) is 9.15. The van der Waals surface area contributed by atoms with Crippen LogP contribution in [0.3, 0.4) is 0 Å². The van der Waals surface area contributed by atoms with Gasteiger partial charge in [-0.25, -0.2) is 9.48 Å². The molecule has 0 aliphatic rings. The lowest BCUT2D eigenvalue weighted by Gasteiger charge is -2.05. The molecule has 5 aromatic rings. The first-order valence-electron chi connectivity index (χ1n) is 10.8. The molecule has 0 aliphatic heterocycles. The van der Waals surface area contributed by atoms with Gasteiger partial charge < -0.3 is 9.26 Å². The van der Waals surface area contributed by atoms with Crippen LogP contribution in [0.15, 0.2) is 64.5 Å². The van der Waals surface area contributed by atoms with Crippen LogP contribution in [0.4, 0.5) is 0 Å². The molecule has 4 heterocycles. The maximum atomic E-state index is 12.9. The van der Waals surface area contributed by atoms with Gasteiger partial charge in [-0.2, -0.15) is 4.98 Å². The second-order valence-electron chi connectivity index (χ2n) is 7.90. The number of benzene rings is 1. The number of aromatic nitrogens is 5. The Hall–Kier alpha value is -4.31. The summed E-state index contributed by atoms with van der Waals surface area (Å²) in [7, 11) is 0. The number of hydrogen-bond acceptors (Lipinski definition) is 8. The molecule has 4 aromatic heterocycles. The van der Waals surface area contributed by atoms with E-state index in [0.29, 0.717) is 28.7 Å². The van der Waals surface area contributed by atoms with Crippen molar-refractivity contribution in [2.24, 2.45) is 0 Å². The Morgan fingerprint density at radius 1 is 1.06 bits per heavy atom. The molecule has 0 radical (unpaired) electrons. The van der Waals surface area contributed by atoms with Crippen molar-refractivity contribution in [2.45, 2.75) is 20.8 Å². The molecule has 0 atom stereocenters. The number of aryl methyl sites for hydroxylation is 2. The fourth-order valence-corrected chi connectivity index (χ4v) is 4.54. The molecule has 1 aromatic carbocycles. The van der Waals surface area contributed by atoms with E-state index in [1.807, 2.05) is 66.3 Å². The van der Waals surface area contributed by atoms with Crippen molar-refractivity contribution in [3.63, 3.8) is 0 Å². The average molecular weight is 488 g/mol. The van der Waals surface area contributed by atoms with Crippen molar-refractivity contribution >= 4 is 23.1 Å². The van der Waals surface area contributed by atoms with Crippen molar-refractivity contribution in [2.75, 3.05) is 6.61 Å². The normalized spacial score (nSPS) is 11.1. The molecular formula is C25H21N5O4S. The third kappa shape index (κ3) is 4.31. The lowest BCUT2D eigenvalue weighted by atomic mass is 10.1. The highest BCUT2D eigenvalue weighted by molar-refractivity contribution is 7.13. The molecule has 0 N–H and O–H groups in total. The first kappa shape index (κ1) is 22.5. The quantitative estimate of drug-likeness (QED) is 0.241. The van der Waals surface area contributed by atoms with Crippen LogP contribution < -0.4 is 0 Å². The van der Waals surface area contributed by atoms with E-state index in [2.05, 4.69) is 15.2 Å². The van der Waals surface area contributed by atoms with Gasteiger partial charge in [-0.15, -0.1) is 16.4 Å². The highest BCUT2D eigenvalue weighted by Crippen LogP contribution is 2.26. The molecule has 0 bridgehead atoms. The molecule has 176 valence electrons. The van der Waals surface area contributed by atoms with E-state index in [4.69, 9.17) is 9.26 Å². The number of esters is 1. The number of carbonyl (C=O) groups is 2. The zero-order chi connectivity index (χ0) is 24.5. The van der Waals surface area contributed by atoms with Gasteiger partial charge in [0.05, 0.1) is 10.6 Å². The highest BCUT2D eigenvalue weighted by atomic mass is 32.1. The monoisotopic (exact) mass is 487 g/mol.